The number of esters is 12. The zero-order valence-electron chi connectivity index (χ0n) is 77.8. The molecule has 6 aliphatic heterocycles. The molecule has 720 valence electrons. The molecule has 0 atom stereocenters. The fourth-order valence-electron chi connectivity index (χ4n) is 16.0. The van der Waals surface area contributed by atoms with Crippen LogP contribution in [0.4, 0.5) is 0 Å². The van der Waals surface area contributed by atoms with Crippen LogP contribution in [0.3, 0.4) is 0 Å². The number of carbonyl (C=O) groups is 12. The molecule has 0 aromatic heterocycles. The van der Waals surface area contributed by atoms with E-state index in [1.165, 1.54) is 77.0 Å². The van der Waals surface area contributed by atoms with Crippen LogP contribution in [0.1, 0.15) is 256 Å². The highest BCUT2D eigenvalue weighted by molar-refractivity contribution is 8.00. The second-order valence-electron chi connectivity index (χ2n) is 32.0. The number of benzene rings is 12. The van der Waals surface area contributed by atoms with Crippen LogP contribution in [0, 0.1) is 0 Å². The Bertz CT molecular complexity index is 6320. The fraction of sp³-hybridized carbons (Fsp3) is 0.333. The van der Waals surface area contributed by atoms with Crippen LogP contribution in [0.25, 0.3) is 64.6 Å². The molecule has 0 saturated carbocycles. The lowest BCUT2D eigenvalue weighted by Crippen LogP contribution is -2.19. The van der Waals surface area contributed by atoms with Crippen molar-refractivity contribution in [2.45, 2.75) is 161 Å². The normalized spacial score (nSPS) is 13.4. The van der Waals surface area contributed by atoms with Crippen molar-refractivity contribution in [3.8, 4) is 0 Å². The first-order chi connectivity index (χ1) is 67.3. The standard InChI is InChI=1S/2C20H22O3S.C18H18O5S.2C17H16O5S.C16H14O3S/c1-2-3-4-5-6-7-13-24-17-12-11-16-18-14(17)9-8-10-15(18)19(21)23-20(16)22;1-2-3-4-5-6-7-11-24-15-12-14-9-8-10-16-18(14)17(13-15)20(22)23-19(16)21;1-2-21-8-9-22-10-11-24-15-7-6-14-16-12(15)4-3-5-13(16)17(19)23-18(14)20;1-2-20-10-21-6-7-23-12-8-11-4-3-5-13-15(11)14(9-12)17(19)22-16(13)18;1-2-20-10-21-8-9-23-14-7-6-13-15-11(14)4-3-5-12(15)16(18)22-17(13)19;1-2-3-9-20-13-8-7-12-14-10(13)5-4-6-11(14)15(17)19-16(12)18/h8-12H,2-7,13H2,1H3;8-10,12-13H,2-7,11H2,1H3;3-7H,2,8-11H2,1H3;3-5,8-9H,2,6-7,10H2,1H3;3-7H,2,8-10H2,1H3;4-8H,2-3,9H2,1H3. The van der Waals surface area contributed by atoms with Gasteiger partial charge in [0.2, 0.25) is 0 Å². The monoisotopic (exact) mass is 1980 g/mol. The maximum atomic E-state index is 12.1. The average Bonchev–Trinajstić information content (AvgIpc) is 0.794. The molecular formula is C108H108O24S6. The summed E-state index contributed by atoms with van der Waals surface area (Å²) in [4.78, 5) is 149. The SMILES string of the molecule is CCCCCCCCSc1cc2c3c(cccc3c1)C(=O)OC2=O.CCCCCCCCSc1ccc2c3c(cccc13)C(=O)OC2=O.CCCCSc1ccc2c3c(cccc13)C(=O)OC2=O.CCOCCOCCSc1ccc2c3c(cccc13)C(=O)OC2=O.CCOCOCCSc1cc2c3c(cccc3c1)C(=O)OC2=O.CCOCOCCSc1ccc2c3c(cccc13)C(=O)OC2=O. The molecule has 18 rings (SSSR count). The topological polar surface area (TPSA) is 316 Å². The number of hydrogen-bond acceptors (Lipinski definition) is 30. The van der Waals surface area contributed by atoms with Gasteiger partial charge in [-0.15, -0.1) is 70.6 Å². The molecule has 0 amide bonds. The van der Waals surface area contributed by atoms with Gasteiger partial charge in [0.1, 0.15) is 13.6 Å². The van der Waals surface area contributed by atoms with E-state index >= 15 is 0 Å². The highest BCUT2D eigenvalue weighted by Gasteiger charge is 2.35. The van der Waals surface area contributed by atoms with E-state index < -0.39 is 71.6 Å². The van der Waals surface area contributed by atoms with Crippen molar-refractivity contribution in [1.29, 1.82) is 0 Å². The van der Waals surface area contributed by atoms with Crippen LogP contribution in [-0.2, 0) is 56.8 Å². The third-order valence-electron chi connectivity index (χ3n) is 22.7. The quantitative estimate of drug-likeness (QED) is 0.00856. The van der Waals surface area contributed by atoms with Gasteiger partial charge >= 0.3 is 71.6 Å². The average molecular weight is 1980 g/mol. The smallest absolute Gasteiger partial charge is 0.346 e. The molecule has 0 bridgehead atoms. The van der Waals surface area contributed by atoms with E-state index in [1.807, 2.05) is 112 Å². The highest BCUT2D eigenvalue weighted by Crippen LogP contribution is 2.43. The molecule has 0 saturated heterocycles. The third-order valence-corrected chi connectivity index (χ3v) is 29.1. The van der Waals surface area contributed by atoms with Gasteiger partial charge in [0.15, 0.2) is 0 Å². The van der Waals surface area contributed by atoms with Crippen LogP contribution < -0.4 is 0 Å². The number of unbranched alkanes of at least 4 members (excludes halogenated alkanes) is 11. The van der Waals surface area contributed by atoms with Gasteiger partial charge < -0.3 is 56.8 Å². The zero-order chi connectivity index (χ0) is 97.4. The van der Waals surface area contributed by atoms with Crippen molar-refractivity contribution < 1.29 is 114 Å². The largest absolute Gasteiger partial charge is 0.386 e. The number of hydrogen-bond donors (Lipinski definition) is 0. The zero-order valence-corrected chi connectivity index (χ0v) is 82.7. The van der Waals surface area contributed by atoms with E-state index in [0.717, 1.165) is 125 Å². The molecule has 24 nitrogen and oxygen atoms in total. The first-order valence-corrected chi connectivity index (χ1v) is 52.4. The molecule has 0 spiro atoms. The Balaban J connectivity index is 0.000000140. The van der Waals surface area contributed by atoms with Crippen molar-refractivity contribution in [2.75, 3.05) is 101 Å². The predicted octanol–water partition coefficient (Wildman–Crippen LogP) is 25.1. The van der Waals surface area contributed by atoms with Gasteiger partial charge in [-0.2, -0.15) is 0 Å². The minimum absolute atomic E-state index is 0.290. The maximum Gasteiger partial charge on any atom is 0.346 e. The molecule has 12 aromatic rings. The van der Waals surface area contributed by atoms with Crippen molar-refractivity contribution in [3.63, 3.8) is 0 Å². The van der Waals surface area contributed by atoms with Gasteiger partial charge in [0, 0.05) is 98.8 Å². The first-order valence-electron chi connectivity index (χ1n) is 46.5. The minimum Gasteiger partial charge on any atom is -0.386 e. The van der Waals surface area contributed by atoms with Crippen LogP contribution in [0.5, 0.6) is 0 Å². The molecular weight excluding hydrogens is 1870 g/mol. The summed E-state index contributed by atoms with van der Waals surface area (Å²) in [6.07, 6.45) is 17.6. The van der Waals surface area contributed by atoms with E-state index in [4.69, 9.17) is 56.8 Å². The van der Waals surface area contributed by atoms with E-state index in [9.17, 15) is 57.5 Å². The molecule has 30 heteroatoms. The van der Waals surface area contributed by atoms with E-state index in [2.05, 4.69) is 26.8 Å². The summed E-state index contributed by atoms with van der Waals surface area (Å²) in [6, 6.07) is 55.1. The van der Waals surface area contributed by atoms with Crippen molar-refractivity contribution in [1.82, 2.24) is 0 Å². The van der Waals surface area contributed by atoms with Gasteiger partial charge in [-0.1, -0.05) is 164 Å². The molecule has 6 aliphatic rings. The fourth-order valence-corrected chi connectivity index (χ4v) is 21.9. The molecule has 6 heterocycles. The van der Waals surface area contributed by atoms with Crippen molar-refractivity contribution in [3.05, 3.63) is 249 Å². The number of thioether (sulfide) groups is 6. The molecule has 12 aromatic carbocycles. The van der Waals surface area contributed by atoms with Gasteiger partial charge in [0.25, 0.3) is 0 Å². The van der Waals surface area contributed by atoms with Crippen LogP contribution in [0.15, 0.2) is 211 Å². The van der Waals surface area contributed by atoms with E-state index in [1.54, 1.807) is 156 Å². The summed E-state index contributed by atoms with van der Waals surface area (Å²) in [5, 5.41) is 9.75. The Morgan fingerprint density at radius 2 is 0.464 bits per heavy atom. The molecule has 0 unspecified atom stereocenters. The minimum atomic E-state index is -0.589. The summed E-state index contributed by atoms with van der Waals surface area (Å²) >= 11 is 10.2. The van der Waals surface area contributed by atoms with Crippen molar-refractivity contribution in [2.24, 2.45) is 0 Å². The van der Waals surface area contributed by atoms with Gasteiger partial charge in [-0.25, -0.2) is 57.5 Å². The predicted molar refractivity (Wildman–Crippen MR) is 540 cm³/mol. The second-order valence-corrected chi connectivity index (χ2v) is 38.9. The molecule has 0 radical (unpaired) electrons. The summed E-state index contributed by atoms with van der Waals surface area (Å²) in [5.74, 6) is -1.38. The Morgan fingerprint density at radius 3 is 0.797 bits per heavy atom. The van der Waals surface area contributed by atoms with Gasteiger partial charge in [-0.05, 0) is 199 Å². The summed E-state index contributed by atoms with van der Waals surface area (Å²) < 4.78 is 60.4. The Morgan fingerprint density at radius 1 is 0.210 bits per heavy atom. The molecule has 0 aliphatic carbocycles. The van der Waals surface area contributed by atoms with E-state index in [-0.39, 0.29) is 6.79 Å². The Labute approximate surface area is 825 Å². The molecule has 138 heavy (non-hydrogen) atoms. The number of rotatable bonds is 42. The van der Waals surface area contributed by atoms with Crippen LogP contribution >= 0.6 is 70.6 Å². The lowest BCUT2D eigenvalue weighted by Gasteiger charge is -2.17. The lowest BCUT2D eigenvalue weighted by molar-refractivity contribution is -0.0437. The van der Waals surface area contributed by atoms with E-state index in [0.29, 0.717) is 143 Å². The third kappa shape index (κ3) is 26.5. The first kappa shape index (κ1) is 104. The van der Waals surface area contributed by atoms with Crippen LogP contribution in [0.2, 0.25) is 0 Å². The maximum absolute atomic E-state index is 12.1. The second kappa shape index (κ2) is 52.8. The van der Waals surface area contributed by atoms with Crippen molar-refractivity contribution >= 4 is 207 Å². The summed E-state index contributed by atoms with van der Waals surface area (Å²) in [6.45, 7) is 17.9. The lowest BCUT2D eigenvalue weighted by atomic mass is 9.97. The summed E-state index contributed by atoms with van der Waals surface area (Å²) in [5.41, 5.74) is 5.57. The number of ether oxygens (including phenoxy) is 12. The Hall–Kier alpha value is -11.1. The molecule has 0 fully saturated rings. The molecule has 0 N–H and O–H groups in total. The van der Waals surface area contributed by atoms with Gasteiger partial charge in [0.05, 0.1) is 99.8 Å². The van der Waals surface area contributed by atoms with Gasteiger partial charge in [-0.3, -0.25) is 0 Å². The number of cyclic esters (lactones) is 12. The number of carbonyl (C=O) groups excluding carboxylic acids is 12. The summed E-state index contributed by atoms with van der Waals surface area (Å²) in [7, 11) is 0. The Kier molecular flexibility index (Phi) is 39.9. The van der Waals surface area contributed by atoms with Crippen LogP contribution in [-0.4, -0.2) is 173 Å². The highest BCUT2D eigenvalue weighted by atomic mass is 32.2.